The number of nitrogens with zero attached hydrogens (tertiary/aromatic N) is 3. The van der Waals surface area contributed by atoms with Gasteiger partial charge in [-0.15, -0.1) is 11.3 Å². The Kier molecular flexibility index (Phi) is 3.00. The van der Waals surface area contributed by atoms with Gasteiger partial charge in [0.2, 0.25) is 0 Å². The van der Waals surface area contributed by atoms with Crippen molar-refractivity contribution in [3.05, 3.63) is 28.6 Å². The summed E-state index contributed by atoms with van der Waals surface area (Å²) in [7, 11) is 0. The van der Waals surface area contributed by atoms with Crippen molar-refractivity contribution < 1.29 is 0 Å². The minimum atomic E-state index is 0.406. The van der Waals surface area contributed by atoms with Crippen LogP contribution in [0.15, 0.2) is 27.1 Å². The fraction of sp³-hybridized carbons (Fsp3) is 0.125. The second kappa shape index (κ2) is 4.25. The fourth-order valence-corrected chi connectivity index (χ4v) is 2.78. The third-order valence-corrected chi connectivity index (χ3v) is 3.52. The average Bonchev–Trinajstić information content (AvgIpc) is 2.51. The van der Waals surface area contributed by atoms with E-state index in [1.807, 2.05) is 12.3 Å². The number of aromatic nitrogens is 3. The maximum atomic E-state index is 5.71. The lowest BCUT2D eigenvalue weighted by Gasteiger charge is -1.95. The maximum Gasteiger partial charge on any atom is 0.156 e. The molecule has 2 heterocycles. The monoisotopic (exact) mass is 243 g/mol. The number of halogens is 1. The molecular weight excluding hydrogens is 238 g/mol. The van der Waals surface area contributed by atoms with Crippen LogP contribution >= 0.6 is 34.7 Å². The molecule has 0 aliphatic rings. The molecule has 0 N–H and O–H groups in total. The highest BCUT2D eigenvalue weighted by Gasteiger charge is 2.03. The van der Waals surface area contributed by atoms with Crippen LogP contribution in [0.1, 0.15) is 5.69 Å². The molecule has 6 heteroatoms. The van der Waals surface area contributed by atoms with Crippen LogP contribution in [0.4, 0.5) is 0 Å². The predicted octanol–water partition coefficient (Wildman–Crippen LogP) is 3.05. The van der Waals surface area contributed by atoms with Gasteiger partial charge in [-0.05, 0) is 18.7 Å². The molecule has 2 aromatic rings. The van der Waals surface area contributed by atoms with Crippen molar-refractivity contribution in [3.63, 3.8) is 0 Å². The van der Waals surface area contributed by atoms with E-state index in [0.717, 1.165) is 15.1 Å². The number of aryl methyl sites for hydroxylation is 1. The summed E-state index contributed by atoms with van der Waals surface area (Å²) in [4.78, 5) is 12.4. The predicted molar refractivity (Wildman–Crippen MR) is 58.0 cm³/mol. The van der Waals surface area contributed by atoms with Crippen LogP contribution in [0.2, 0.25) is 5.15 Å². The van der Waals surface area contributed by atoms with E-state index in [2.05, 4.69) is 15.0 Å². The van der Waals surface area contributed by atoms with E-state index in [-0.39, 0.29) is 0 Å². The lowest BCUT2D eigenvalue weighted by atomic mass is 10.6. The lowest BCUT2D eigenvalue weighted by Crippen LogP contribution is -1.82. The smallest absolute Gasteiger partial charge is 0.156 e. The highest BCUT2D eigenvalue weighted by atomic mass is 35.5. The van der Waals surface area contributed by atoms with Crippen LogP contribution in [-0.4, -0.2) is 15.0 Å². The van der Waals surface area contributed by atoms with Crippen LogP contribution in [0.25, 0.3) is 0 Å². The number of rotatable bonds is 2. The highest BCUT2D eigenvalue weighted by molar-refractivity contribution is 8.00. The van der Waals surface area contributed by atoms with Crippen molar-refractivity contribution in [2.75, 3.05) is 0 Å². The first-order chi connectivity index (χ1) is 6.74. The third-order valence-electron chi connectivity index (χ3n) is 1.37. The van der Waals surface area contributed by atoms with E-state index >= 15 is 0 Å². The van der Waals surface area contributed by atoms with E-state index < -0.39 is 0 Å². The van der Waals surface area contributed by atoms with E-state index in [9.17, 15) is 0 Å². The van der Waals surface area contributed by atoms with Crippen molar-refractivity contribution in [1.29, 1.82) is 0 Å². The Hall–Kier alpha value is -0.650. The molecule has 0 radical (unpaired) electrons. The molecule has 3 nitrogen and oxygen atoms in total. The summed E-state index contributed by atoms with van der Waals surface area (Å²) in [6.07, 6.45) is 3.19. The molecule has 0 fully saturated rings. The summed E-state index contributed by atoms with van der Waals surface area (Å²) < 4.78 is 0.957. The highest BCUT2D eigenvalue weighted by Crippen LogP contribution is 2.28. The second-order valence-corrected chi connectivity index (χ2v) is 5.05. The van der Waals surface area contributed by atoms with Gasteiger partial charge >= 0.3 is 0 Å². The van der Waals surface area contributed by atoms with Crippen molar-refractivity contribution in [1.82, 2.24) is 15.0 Å². The van der Waals surface area contributed by atoms with Crippen molar-refractivity contribution >= 4 is 34.7 Å². The molecule has 0 amide bonds. The van der Waals surface area contributed by atoms with Gasteiger partial charge in [0, 0.05) is 11.1 Å². The molecule has 0 unspecified atom stereocenters. The Morgan fingerprint density at radius 2 is 2.21 bits per heavy atom. The summed E-state index contributed by atoms with van der Waals surface area (Å²) in [5.74, 6) is 0. The van der Waals surface area contributed by atoms with Gasteiger partial charge in [-0.25, -0.2) is 9.97 Å². The maximum absolute atomic E-state index is 5.71. The molecule has 0 aliphatic carbocycles. The van der Waals surface area contributed by atoms with E-state index in [1.54, 1.807) is 17.5 Å². The summed E-state index contributed by atoms with van der Waals surface area (Å²) in [6, 6.07) is 0. The van der Waals surface area contributed by atoms with Gasteiger partial charge in [0.1, 0.15) is 10.2 Å². The first-order valence-corrected chi connectivity index (χ1v) is 5.89. The van der Waals surface area contributed by atoms with Crippen LogP contribution in [-0.2, 0) is 0 Å². The third kappa shape index (κ3) is 2.43. The lowest BCUT2D eigenvalue weighted by molar-refractivity contribution is 1.05. The number of hydrogen-bond donors (Lipinski definition) is 0. The molecular formula is C8H6ClN3S2. The van der Waals surface area contributed by atoms with E-state index in [4.69, 9.17) is 11.6 Å². The van der Waals surface area contributed by atoms with Crippen molar-refractivity contribution in [2.45, 2.75) is 16.3 Å². The quantitative estimate of drug-likeness (QED) is 0.813. The SMILES string of the molecule is Cc1csc(Sc2cncc(Cl)n2)n1. The Morgan fingerprint density at radius 1 is 1.36 bits per heavy atom. The first kappa shape index (κ1) is 9.89. The molecule has 0 atom stereocenters. The Bertz CT molecular complexity index is 444. The zero-order chi connectivity index (χ0) is 9.97. The average molecular weight is 244 g/mol. The van der Waals surface area contributed by atoms with Crippen LogP contribution < -0.4 is 0 Å². The van der Waals surface area contributed by atoms with Gasteiger partial charge < -0.3 is 0 Å². The largest absolute Gasteiger partial charge is 0.259 e. The Labute approximate surface area is 94.6 Å². The van der Waals surface area contributed by atoms with Gasteiger partial charge in [0.25, 0.3) is 0 Å². The van der Waals surface area contributed by atoms with Gasteiger partial charge in [-0.2, -0.15) is 0 Å². The van der Waals surface area contributed by atoms with E-state index in [0.29, 0.717) is 5.15 Å². The molecule has 0 bridgehead atoms. The molecule has 2 aromatic heterocycles. The van der Waals surface area contributed by atoms with Crippen LogP contribution in [0.3, 0.4) is 0 Å². The molecule has 72 valence electrons. The van der Waals surface area contributed by atoms with Gasteiger partial charge in [-0.3, -0.25) is 4.98 Å². The molecule has 0 spiro atoms. The second-order valence-electron chi connectivity index (χ2n) is 2.54. The Balaban J connectivity index is 2.18. The topological polar surface area (TPSA) is 38.7 Å². The normalized spacial score (nSPS) is 10.4. The summed E-state index contributed by atoms with van der Waals surface area (Å²) >= 11 is 8.78. The number of hydrogen-bond acceptors (Lipinski definition) is 5. The van der Waals surface area contributed by atoms with Gasteiger partial charge in [-0.1, -0.05) is 11.6 Å². The molecule has 0 aliphatic heterocycles. The molecule has 0 saturated carbocycles. The summed E-state index contributed by atoms with van der Waals surface area (Å²) in [5.41, 5.74) is 1.02. The zero-order valence-electron chi connectivity index (χ0n) is 7.27. The molecule has 0 aromatic carbocycles. The zero-order valence-corrected chi connectivity index (χ0v) is 9.66. The van der Waals surface area contributed by atoms with Crippen molar-refractivity contribution in [3.8, 4) is 0 Å². The Morgan fingerprint density at radius 3 is 2.86 bits per heavy atom. The minimum Gasteiger partial charge on any atom is -0.259 e. The number of thiazole rings is 1. The summed E-state index contributed by atoms with van der Waals surface area (Å²) in [5, 5.41) is 3.18. The molecule has 14 heavy (non-hydrogen) atoms. The van der Waals surface area contributed by atoms with Crippen LogP contribution in [0.5, 0.6) is 0 Å². The fourth-order valence-electron chi connectivity index (χ4n) is 0.843. The van der Waals surface area contributed by atoms with Crippen molar-refractivity contribution in [2.24, 2.45) is 0 Å². The standard InChI is InChI=1S/C8H6ClN3S2/c1-5-4-13-8(11-5)14-7-3-10-2-6(9)12-7/h2-4H,1H3. The molecule has 0 saturated heterocycles. The summed E-state index contributed by atoms with van der Waals surface area (Å²) in [6.45, 7) is 1.96. The first-order valence-electron chi connectivity index (χ1n) is 3.81. The molecule has 2 rings (SSSR count). The minimum absolute atomic E-state index is 0.406. The van der Waals surface area contributed by atoms with Gasteiger partial charge in [0.05, 0.1) is 12.4 Å². The van der Waals surface area contributed by atoms with Crippen LogP contribution in [0, 0.1) is 6.92 Å². The van der Waals surface area contributed by atoms with Gasteiger partial charge in [0.15, 0.2) is 4.34 Å². The van der Waals surface area contributed by atoms with E-state index in [1.165, 1.54) is 18.0 Å².